The van der Waals surface area contributed by atoms with Crippen LogP contribution >= 0.6 is 0 Å². The van der Waals surface area contributed by atoms with Gasteiger partial charge in [-0.3, -0.25) is 0 Å². The lowest BCUT2D eigenvalue weighted by atomic mass is 9.87. The molecule has 0 aromatic heterocycles. The Hall–Kier alpha value is -0.170. The first kappa shape index (κ1) is 14.2. The molecule has 2 rings (SSSR count). The van der Waals surface area contributed by atoms with Crippen molar-refractivity contribution in [3.63, 3.8) is 0 Å². The van der Waals surface area contributed by atoms with E-state index in [-0.39, 0.29) is 0 Å². The van der Waals surface area contributed by atoms with Gasteiger partial charge in [0.15, 0.2) is 0 Å². The van der Waals surface area contributed by atoms with Gasteiger partial charge in [-0.05, 0) is 12.3 Å². The van der Waals surface area contributed by atoms with Crippen LogP contribution < -0.4 is 10.0 Å². The Kier molecular flexibility index (Phi) is 5.41. The van der Waals surface area contributed by atoms with Gasteiger partial charge in [0.05, 0.1) is 0 Å². The van der Waals surface area contributed by atoms with E-state index in [1.165, 1.54) is 32.1 Å². The van der Waals surface area contributed by atoms with Crippen LogP contribution in [0, 0.1) is 5.92 Å². The molecule has 2 aliphatic rings. The van der Waals surface area contributed by atoms with E-state index >= 15 is 0 Å². The SMILES string of the molecule is O=S(=O)(NCCC1CCCCC1)N1CCNCC1. The molecule has 0 aromatic carbocycles. The van der Waals surface area contributed by atoms with E-state index < -0.39 is 10.2 Å². The van der Waals surface area contributed by atoms with Crippen molar-refractivity contribution in [3.05, 3.63) is 0 Å². The number of hydrogen-bond acceptors (Lipinski definition) is 3. The number of hydrogen-bond donors (Lipinski definition) is 2. The Balaban J connectivity index is 1.70. The summed E-state index contributed by atoms with van der Waals surface area (Å²) in [7, 11) is -3.24. The standard InChI is InChI=1S/C12H25N3O2S/c16-18(17,15-10-8-13-9-11-15)14-7-6-12-4-2-1-3-5-12/h12-14H,1-11H2. The molecule has 106 valence electrons. The van der Waals surface area contributed by atoms with Crippen LogP contribution in [0.5, 0.6) is 0 Å². The van der Waals surface area contributed by atoms with Gasteiger partial charge in [0.25, 0.3) is 10.2 Å². The van der Waals surface area contributed by atoms with E-state index in [1.807, 2.05) is 0 Å². The average molecular weight is 275 g/mol. The smallest absolute Gasteiger partial charge is 0.279 e. The highest BCUT2D eigenvalue weighted by atomic mass is 32.2. The second-order valence-corrected chi connectivity index (χ2v) is 7.10. The largest absolute Gasteiger partial charge is 0.314 e. The van der Waals surface area contributed by atoms with E-state index in [0.717, 1.165) is 25.4 Å². The van der Waals surface area contributed by atoms with Crippen LogP contribution in [0.4, 0.5) is 0 Å². The predicted molar refractivity (Wildman–Crippen MR) is 72.6 cm³/mol. The maximum Gasteiger partial charge on any atom is 0.279 e. The zero-order valence-corrected chi connectivity index (χ0v) is 11.8. The minimum atomic E-state index is -3.24. The van der Waals surface area contributed by atoms with E-state index in [9.17, 15) is 8.42 Å². The van der Waals surface area contributed by atoms with Gasteiger partial charge in [-0.25, -0.2) is 4.72 Å². The van der Waals surface area contributed by atoms with Crippen molar-refractivity contribution in [1.82, 2.24) is 14.3 Å². The van der Waals surface area contributed by atoms with Crippen LogP contribution in [-0.2, 0) is 10.2 Å². The zero-order chi connectivity index (χ0) is 12.8. The Morgan fingerprint density at radius 1 is 1.11 bits per heavy atom. The first-order valence-corrected chi connectivity index (χ1v) is 8.58. The lowest BCUT2D eigenvalue weighted by Gasteiger charge is -2.27. The summed E-state index contributed by atoms with van der Waals surface area (Å²) < 4.78 is 28.3. The van der Waals surface area contributed by atoms with Crippen molar-refractivity contribution >= 4 is 10.2 Å². The number of rotatable bonds is 5. The molecule has 2 fully saturated rings. The van der Waals surface area contributed by atoms with Crippen molar-refractivity contribution in [1.29, 1.82) is 0 Å². The minimum absolute atomic E-state index is 0.582. The van der Waals surface area contributed by atoms with Crippen molar-refractivity contribution in [2.45, 2.75) is 38.5 Å². The topological polar surface area (TPSA) is 61.4 Å². The molecule has 5 nitrogen and oxygen atoms in total. The maximum absolute atomic E-state index is 12.0. The first-order valence-electron chi connectivity index (χ1n) is 7.14. The third-order valence-corrected chi connectivity index (χ3v) is 5.59. The summed E-state index contributed by atoms with van der Waals surface area (Å²) >= 11 is 0. The van der Waals surface area contributed by atoms with Crippen molar-refractivity contribution in [2.24, 2.45) is 5.92 Å². The highest BCUT2D eigenvalue weighted by molar-refractivity contribution is 7.87. The fraction of sp³-hybridized carbons (Fsp3) is 1.00. The molecule has 6 heteroatoms. The summed E-state index contributed by atoms with van der Waals surface area (Å²) in [5.74, 6) is 0.726. The molecule has 0 spiro atoms. The fourth-order valence-corrected chi connectivity index (χ4v) is 4.07. The molecular formula is C12H25N3O2S. The Morgan fingerprint density at radius 2 is 1.78 bits per heavy atom. The zero-order valence-electron chi connectivity index (χ0n) is 11.0. The first-order chi connectivity index (χ1) is 8.68. The molecule has 1 heterocycles. The maximum atomic E-state index is 12.0. The fourth-order valence-electron chi connectivity index (χ4n) is 2.84. The van der Waals surface area contributed by atoms with Gasteiger partial charge in [0.2, 0.25) is 0 Å². The minimum Gasteiger partial charge on any atom is -0.314 e. The summed E-state index contributed by atoms with van der Waals surface area (Å²) in [6.07, 6.45) is 7.52. The van der Waals surface area contributed by atoms with Gasteiger partial charge >= 0.3 is 0 Å². The van der Waals surface area contributed by atoms with E-state index in [0.29, 0.717) is 19.6 Å². The van der Waals surface area contributed by atoms with E-state index in [4.69, 9.17) is 0 Å². The van der Waals surface area contributed by atoms with Gasteiger partial charge < -0.3 is 5.32 Å². The summed E-state index contributed by atoms with van der Waals surface area (Å²) in [4.78, 5) is 0. The summed E-state index contributed by atoms with van der Waals surface area (Å²) in [6, 6.07) is 0. The third kappa shape index (κ3) is 4.19. The van der Waals surface area contributed by atoms with Crippen LogP contribution in [-0.4, -0.2) is 45.4 Å². The lowest BCUT2D eigenvalue weighted by Crippen LogP contribution is -2.50. The predicted octanol–water partition coefficient (Wildman–Crippen LogP) is 0.696. The second-order valence-electron chi connectivity index (χ2n) is 5.34. The Morgan fingerprint density at radius 3 is 2.44 bits per heavy atom. The molecule has 1 aliphatic carbocycles. The van der Waals surface area contributed by atoms with Gasteiger partial charge in [-0.15, -0.1) is 0 Å². The number of piperazine rings is 1. The number of nitrogens with zero attached hydrogens (tertiary/aromatic N) is 1. The molecule has 0 aromatic rings. The quantitative estimate of drug-likeness (QED) is 0.776. The van der Waals surface area contributed by atoms with Crippen LogP contribution in [0.3, 0.4) is 0 Å². The van der Waals surface area contributed by atoms with Gasteiger partial charge in [-0.1, -0.05) is 32.1 Å². The second kappa shape index (κ2) is 6.84. The van der Waals surface area contributed by atoms with Gasteiger partial charge in [0.1, 0.15) is 0 Å². The highest BCUT2D eigenvalue weighted by Gasteiger charge is 2.23. The van der Waals surface area contributed by atoms with E-state index in [1.54, 1.807) is 4.31 Å². The van der Waals surface area contributed by atoms with Crippen LogP contribution in [0.15, 0.2) is 0 Å². The lowest BCUT2D eigenvalue weighted by molar-refractivity contribution is 0.332. The summed E-state index contributed by atoms with van der Waals surface area (Å²) in [6.45, 7) is 3.27. The Labute approximate surface area is 110 Å². The van der Waals surface area contributed by atoms with Crippen LogP contribution in [0.1, 0.15) is 38.5 Å². The molecule has 1 saturated heterocycles. The normalized spacial score (nSPS) is 24.2. The number of nitrogens with one attached hydrogen (secondary N) is 2. The molecule has 0 atom stereocenters. The summed E-state index contributed by atoms with van der Waals surface area (Å²) in [5, 5.41) is 3.16. The molecule has 0 radical (unpaired) electrons. The molecule has 0 bridgehead atoms. The molecule has 0 amide bonds. The van der Waals surface area contributed by atoms with Crippen molar-refractivity contribution in [3.8, 4) is 0 Å². The van der Waals surface area contributed by atoms with Gasteiger partial charge in [0, 0.05) is 32.7 Å². The molecule has 1 aliphatic heterocycles. The molecule has 0 unspecified atom stereocenters. The van der Waals surface area contributed by atoms with Crippen molar-refractivity contribution < 1.29 is 8.42 Å². The highest BCUT2D eigenvalue weighted by Crippen LogP contribution is 2.25. The third-order valence-electron chi connectivity index (χ3n) is 3.98. The molecule has 18 heavy (non-hydrogen) atoms. The molecular weight excluding hydrogens is 250 g/mol. The molecule has 2 N–H and O–H groups in total. The monoisotopic (exact) mass is 275 g/mol. The average Bonchev–Trinajstić information content (AvgIpc) is 2.41. The van der Waals surface area contributed by atoms with Gasteiger partial charge in [-0.2, -0.15) is 12.7 Å². The van der Waals surface area contributed by atoms with Crippen LogP contribution in [0.2, 0.25) is 0 Å². The van der Waals surface area contributed by atoms with E-state index in [2.05, 4.69) is 10.0 Å². The summed E-state index contributed by atoms with van der Waals surface area (Å²) in [5.41, 5.74) is 0. The van der Waals surface area contributed by atoms with Crippen LogP contribution in [0.25, 0.3) is 0 Å². The Bertz CT molecular complexity index is 333. The van der Waals surface area contributed by atoms with Crippen molar-refractivity contribution in [2.75, 3.05) is 32.7 Å². The molecule has 1 saturated carbocycles.